The van der Waals surface area contributed by atoms with Crippen molar-refractivity contribution >= 4 is 50.8 Å². The summed E-state index contributed by atoms with van der Waals surface area (Å²) < 4.78 is 29.8. The second-order valence-corrected chi connectivity index (χ2v) is 11.0. The fraction of sp³-hybridized carbons (Fsp3) is 0.208. The van der Waals surface area contributed by atoms with Gasteiger partial charge in [-0.2, -0.15) is 0 Å². The first kappa shape index (κ1) is 26.6. The highest BCUT2D eigenvalue weighted by molar-refractivity contribution is 7.99. The van der Waals surface area contributed by atoms with E-state index >= 15 is 0 Å². The van der Waals surface area contributed by atoms with Gasteiger partial charge >= 0.3 is 0 Å². The summed E-state index contributed by atoms with van der Waals surface area (Å²) in [6.45, 7) is 6.04. The molecule has 192 valence electrons. The number of benzene rings is 2. The van der Waals surface area contributed by atoms with Crippen LogP contribution < -0.4 is 10.0 Å². The molecule has 1 amide bonds. The summed E-state index contributed by atoms with van der Waals surface area (Å²) >= 11 is 7.36. The van der Waals surface area contributed by atoms with Crippen LogP contribution in [0.15, 0.2) is 64.6 Å². The largest absolute Gasteiger partial charge is 0.325 e. The molecule has 0 saturated carbocycles. The fourth-order valence-electron chi connectivity index (χ4n) is 3.53. The van der Waals surface area contributed by atoms with Gasteiger partial charge < -0.3 is 9.88 Å². The molecule has 2 heterocycles. The number of nitrogens with zero attached hydrogens (tertiary/aromatic N) is 5. The Labute approximate surface area is 224 Å². The molecule has 0 radical (unpaired) electrons. The molecular formula is C24H24ClN7O3S2. The van der Waals surface area contributed by atoms with E-state index in [0.717, 1.165) is 5.56 Å². The zero-order valence-electron chi connectivity index (χ0n) is 20.3. The van der Waals surface area contributed by atoms with Crippen LogP contribution in [-0.2, 0) is 21.4 Å². The summed E-state index contributed by atoms with van der Waals surface area (Å²) in [5.41, 5.74) is 1.96. The van der Waals surface area contributed by atoms with E-state index in [1.165, 1.54) is 36.0 Å². The Bertz CT molecular complexity index is 1520. The molecule has 0 aliphatic carbocycles. The van der Waals surface area contributed by atoms with Crippen LogP contribution in [0.25, 0.3) is 11.4 Å². The Morgan fingerprint density at radius 1 is 1.05 bits per heavy atom. The Hall–Kier alpha value is -3.48. The van der Waals surface area contributed by atoms with E-state index in [-0.39, 0.29) is 22.4 Å². The maximum absolute atomic E-state index is 12.7. The van der Waals surface area contributed by atoms with Crippen LogP contribution in [0.1, 0.15) is 18.4 Å². The van der Waals surface area contributed by atoms with Crippen LogP contribution in [0.5, 0.6) is 0 Å². The molecule has 0 aliphatic rings. The monoisotopic (exact) mass is 557 g/mol. The topological polar surface area (TPSA) is 132 Å². The summed E-state index contributed by atoms with van der Waals surface area (Å²) in [5.74, 6) is 1.16. The van der Waals surface area contributed by atoms with Crippen LogP contribution in [0, 0.1) is 13.8 Å². The average molecular weight is 558 g/mol. The van der Waals surface area contributed by atoms with E-state index in [4.69, 9.17) is 11.6 Å². The smallest absolute Gasteiger partial charge is 0.263 e. The van der Waals surface area contributed by atoms with Gasteiger partial charge in [0.2, 0.25) is 5.91 Å². The molecule has 13 heteroatoms. The standard InChI is InChI=1S/C24H24ClN7O3S2/c1-4-32-23(17-6-5-7-18(25)13-17)29-30-24(32)36-14-22(33)28-19-8-10-20(11-9-19)37(34,35)31-21-12-15(2)26-16(3)27-21/h5-13H,4,14H2,1-3H3,(H,28,33)(H,26,27,31). The molecule has 0 saturated heterocycles. The number of sulfonamides is 1. The molecule has 0 atom stereocenters. The Morgan fingerprint density at radius 2 is 1.81 bits per heavy atom. The van der Waals surface area contributed by atoms with Gasteiger partial charge in [-0.25, -0.2) is 18.4 Å². The predicted molar refractivity (Wildman–Crippen MR) is 144 cm³/mol. The van der Waals surface area contributed by atoms with Crippen molar-refractivity contribution in [3.8, 4) is 11.4 Å². The third kappa shape index (κ3) is 6.64. The molecule has 0 fully saturated rings. The van der Waals surface area contributed by atoms with E-state index in [2.05, 4.69) is 30.2 Å². The molecule has 2 aromatic carbocycles. The first-order chi connectivity index (χ1) is 17.6. The van der Waals surface area contributed by atoms with E-state index in [0.29, 0.717) is 39.8 Å². The Kier molecular flexibility index (Phi) is 8.10. The predicted octanol–water partition coefficient (Wildman–Crippen LogP) is 4.56. The van der Waals surface area contributed by atoms with Crippen molar-refractivity contribution in [2.24, 2.45) is 0 Å². The highest BCUT2D eigenvalue weighted by Crippen LogP contribution is 2.26. The highest BCUT2D eigenvalue weighted by Gasteiger charge is 2.17. The lowest BCUT2D eigenvalue weighted by Crippen LogP contribution is -2.16. The van der Waals surface area contributed by atoms with Crippen LogP contribution in [0.4, 0.5) is 11.5 Å². The zero-order valence-corrected chi connectivity index (χ0v) is 22.7. The van der Waals surface area contributed by atoms with Crippen molar-refractivity contribution in [3.05, 3.63) is 71.1 Å². The molecule has 10 nitrogen and oxygen atoms in total. The molecule has 0 spiro atoms. The number of hydrogen-bond acceptors (Lipinski definition) is 8. The number of aryl methyl sites for hydroxylation is 2. The minimum Gasteiger partial charge on any atom is -0.325 e. The number of hydrogen-bond donors (Lipinski definition) is 2. The van der Waals surface area contributed by atoms with Gasteiger partial charge in [-0.15, -0.1) is 10.2 Å². The minimum atomic E-state index is -3.85. The molecular weight excluding hydrogens is 534 g/mol. The average Bonchev–Trinajstić information content (AvgIpc) is 3.25. The highest BCUT2D eigenvalue weighted by atomic mass is 35.5. The van der Waals surface area contributed by atoms with Gasteiger partial charge in [-0.3, -0.25) is 9.52 Å². The quantitative estimate of drug-likeness (QED) is 0.286. The summed E-state index contributed by atoms with van der Waals surface area (Å²) in [7, 11) is -3.85. The van der Waals surface area contributed by atoms with Crippen molar-refractivity contribution in [1.29, 1.82) is 0 Å². The molecule has 0 unspecified atom stereocenters. The second-order valence-electron chi connectivity index (χ2n) is 7.97. The summed E-state index contributed by atoms with van der Waals surface area (Å²) in [4.78, 5) is 20.8. The number of carbonyl (C=O) groups excluding carboxylic acids is 1. The van der Waals surface area contributed by atoms with Crippen molar-refractivity contribution in [3.63, 3.8) is 0 Å². The number of carbonyl (C=O) groups is 1. The lowest BCUT2D eigenvalue weighted by molar-refractivity contribution is -0.113. The minimum absolute atomic E-state index is 0.0402. The van der Waals surface area contributed by atoms with Crippen molar-refractivity contribution in [2.75, 3.05) is 15.8 Å². The van der Waals surface area contributed by atoms with Gasteiger partial charge in [0.15, 0.2) is 11.0 Å². The third-order valence-corrected chi connectivity index (χ3v) is 7.67. The number of aromatic nitrogens is 5. The number of rotatable bonds is 9. The van der Waals surface area contributed by atoms with Gasteiger partial charge in [0, 0.05) is 34.6 Å². The van der Waals surface area contributed by atoms with Crippen molar-refractivity contribution < 1.29 is 13.2 Å². The Balaban J connectivity index is 1.38. The number of thioether (sulfide) groups is 1. The maximum Gasteiger partial charge on any atom is 0.263 e. The van der Waals surface area contributed by atoms with Gasteiger partial charge in [-0.05, 0) is 57.2 Å². The van der Waals surface area contributed by atoms with Gasteiger partial charge in [0.05, 0.1) is 10.6 Å². The third-order valence-electron chi connectivity index (χ3n) is 5.10. The Morgan fingerprint density at radius 3 is 2.49 bits per heavy atom. The molecule has 37 heavy (non-hydrogen) atoms. The number of nitrogens with one attached hydrogen (secondary N) is 2. The lowest BCUT2D eigenvalue weighted by atomic mass is 10.2. The van der Waals surface area contributed by atoms with Gasteiger partial charge in [-0.1, -0.05) is 35.5 Å². The molecule has 2 aromatic heterocycles. The molecule has 0 bridgehead atoms. The molecule has 4 rings (SSSR count). The summed E-state index contributed by atoms with van der Waals surface area (Å²) in [6.07, 6.45) is 0. The fourth-order valence-corrected chi connectivity index (χ4v) is 5.52. The zero-order chi connectivity index (χ0) is 26.6. The summed E-state index contributed by atoms with van der Waals surface area (Å²) in [6, 6.07) is 14.8. The van der Waals surface area contributed by atoms with Crippen molar-refractivity contribution in [2.45, 2.75) is 37.4 Å². The summed E-state index contributed by atoms with van der Waals surface area (Å²) in [5, 5.41) is 12.5. The van der Waals surface area contributed by atoms with Gasteiger partial charge in [0.25, 0.3) is 10.0 Å². The van der Waals surface area contributed by atoms with E-state index in [9.17, 15) is 13.2 Å². The van der Waals surface area contributed by atoms with Gasteiger partial charge in [0.1, 0.15) is 11.6 Å². The lowest BCUT2D eigenvalue weighted by Gasteiger charge is -2.10. The number of anilines is 2. The van der Waals surface area contributed by atoms with E-state index in [1.807, 2.05) is 29.7 Å². The second kappa shape index (κ2) is 11.3. The number of amides is 1. The normalized spacial score (nSPS) is 11.4. The number of halogens is 1. The molecule has 0 aliphatic heterocycles. The molecule has 2 N–H and O–H groups in total. The van der Waals surface area contributed by atoms with Crippen LogP contribution in [0.2, 0.25) is 5.02 Å². The first-order valence-corrected chi connectivity index (χ1v) is 14.1. The van der Waals surface area contributed by atoms with Crippen molar-refractivity contribution in [1.82, 2.24) is 24.7 Å². The van der Waals surface area contributed by atoms with E-state index < -0.39 is 10.0 Å². The SMILES string of the molecule is CCn1c(SCC(=O)Nc2ccc(S(=O)(=O)Nc3cc(C)nc(C)n3)cc2)nnc1-c1cccc(Cl)c1. The maximum atomic E-state index is 12.7. The molecule has 4 aromatic rings. The first-order valence-electron chi connectivity index (χ1n) is 11.2. The van der Waals surface area contributed by atoms with Crippen LogP contribution in [-0.4, -0.2) is 44.8 Å². The van der Waals surface area contributed by atoms with E-state index in [1.54, 1.807) is 26.0 Å². The van der Waals surface area contributed by atoms with Crippen LogP contribution >= 0.6 is 23.4 Å². The van der Waals surface area contributed by atoms with Crippen LogP contribution in [0.3, 0.4) is 0 Å².